The molecule has 1 aliphatic rings. The molecule has 15 heavy (non-hydrogen) atoms. The first-order valence-electron chi connectivity index (χ1n) is 4.82. The number of H-pyrrole nitrogens is 1. The molecule has 0 bridgehead atoms. The summed E-state index contributed by atoms with van der Waals surface area (Å²) in [4.78, 5) is 20.6. The molecule has 1 saturated heterocycles. The molecule has 0 spiro atoms. The van der Waals surface area contributed by atoms with Crippen LogP contribution in [0.1, 0.15) is 5.82 Å². The molecule has 0 aliphatic carbocycles. The lowest BCUT2D eigenvalue weighted by Crippen LogP contribution is -2.42. The van der Waals surface area contributed by atoms with Crippen LogP contribution in [-0.2, 0) is 11.3 Å². The largest absolute Gasteiger partial charge is 0.347 e. The van der Waals surface area contributed by atoms with Crippen molar-refractivity contribution in [2.24, 2.45) is 0 Å². The Bertz CT molecular complexity index is 321. The number of carbonyl (C=O) groups excluding carboxylic acids is 1. The Morgan fingerprint density at radius 3 is 3.27 bits per heavy atom. The smallest absolute Gasteiger partial charge is 0.240 e. The van der Waals surface area contributed by atoms with Crippen molar-refractivity contribution in [2.45, 2.75) is 12.6 Å². The van der Waals surface area contributed by atoms with Gasteiger partial charge in [0, 0.05) is 31.1 Å². The summed E-state index contributed by atoms with van der Waals surface area (Å²) in [6, 6.07) is -0.0324. The minimum Gasteiger partial charge on any atom is -0.347 e. The van der Waals surface area contributed by atoms with E-state index in [2.05, 4.69) is 15.3 Å². The van der Waals surface area contributed by atoms with Gasteiger partial charge in [-0.15, -0.1) is 11.8 Å². The van der Waals surface area contributed by atoms with Crippen molar-refractivity contribution >= 4 is 17.7 Å². The number of imidazole rings is 1. The van der Waals surface area contributed by atoms with Gasteiger partial charge in [-0.2, -0.15) is 0 Å². The van der Waals surface area contributed by atoms with E-state index in [-0.39, 0.29) is 11.9 Å². The molecule has 1 unspecified atom stereocenters. The maximum atomic E-state index is 11.9. The van der Waals surface area contributed by atoms with Crippen LogP contribution in [0.15, 0.2) is 12.4 Å². The normalized spacial score (nSPS) is 20.5. The predicted molar refractivity (Wildman–Crippen MR) is 59.3 cm³/mol. The Morgan fingerprint density at radius 1 is 1.80 bits per heavy atom. The number of likely N-dealkylation sites (N-methyl/N-ethyl adjacent to an activating group) is 1. The van der Waals surface area contributed by atoms with Crippen LogP contribution in [0.5, 0.6) is 0 Å². The summed E-state index contributed by atoms with van der Waals surface area (Å²) in [5.74, 6) is 2.68. The molecule has 0 radical (unpaired) electrons. The fourth-order valence-electron chi connectivity index (χ4n) is 1.51. The van der Waals surface area contributed by atoms with Crippen molar-refractivity contribution in [2.75, 3.05) is 18.7 Å². The second-order valence-corrected chi connectivity index (χ2v) is 4.53. The van der Waals surface area contributed by atoms with Gasteiger partial charge in [0.25, 0.3) is 0 Å². The Balaban J connectivity index is 1.89. The Labute approximate surface area is 92.6 Å². The summed E-state index contributed by atoms with van der Waals surface area (Å²) >= 11 is 1.75. The number of aromatic amines is 1. The van der Waals surface area contributed by atoms with Crippen molar-refractivity contribution in [1.82, 2.24) is 20.2 Å². The van der Waals surface area contributed by atoms with Crippen LogP contribution in [-0.4, -0.2) is 45.5 Å². The minimum atomic E-state index is -0.0324. The van der Waals surface area contributed by atoms with Crippen molar-refractivity contribution in [1.29, 1.82) is 0 Å². The van der Waals surface area contributed by atoms with E-state index in [1.54, 1.807) is 36.1 Å². The first-order chi connectivity index (χ1) is 7.27. The summed E-state index contributed by atoms with van der Waals surface area (Å²) in [7, 11) is 1.80. The number of rotatable bonds is 3. The molecule has 1 fully saturated rings. The molecule has 0 saturated carbocycles. The summed E-state index contributed by atoms with van der Waals surface area (Å²) < 4.78 is 0. The van der Waals surface area contributed by atoms with Gasteiger partial charge >= 0.3 is 0 Å². The second kappa shape index (κ2) is 4.67. The molecule has 1 aromatic heterocycles. The highest BCUT2D eigenvalue weighted by molar-refractivity contribution is 7.99. The fourth-order valence-corrected chi connectivity index (χ4v) is 2.44. The molecule has 1 amide bonds. The first-order valence-corrected chi connectivity index (χ1v) is 5.97. The molecular weight excluding hydrogens is 212 g/mol. The summed E-state index contributed by atoms with van der Waals surface area (Å²) in [5.41, 5.74) is 0. The zero-order chi connectivity index (χ0) is 10.7. The lowest BCUT2D eigenvalue weighted by Gasteiger charge is -2.19. The number of nitrogens with zero attached hydrogens (tertiary/aromatic N) is 2. The van der Waals surface area contributed by atoms with E-state index < -0.39 is 0 Å². The Morgan fingerprint density at radius 2 is 2.67 bits per heavy atom. The van der Waals surface area contributed by atoms with E-state index in [0.29, 0.717) is 6.54 Å². The number of aromatic nitrogens is 2. The predicted octanol–water partition coefficient (Wildman–Crippen LogP) is 0.0306. The van der Waals surface area contributed by atoms with E-state index in [0.717, 1.165) is 17.5 Å². The number of nitrogens with one attached hydrogen (secondary N) is 2. The van der Waals surface area contributed by atoms with Crippen LogP contribution in [0, 0.1) is 0 Å². The van der Waals surface area contributed by atoms with E-state index in [9.17, 15) is 4.79 Å². The van der Waals surface area contributed by atoms with Crippen LogP contribution in [0.4, 0.5) is 0 Å². The third-order valence-corrected chi connectivity index (χ3v) is 3.27. The van der Waals surface area contributed by atoms with E-state index in [1.165, 1.54) is 0 Å². The van der Waals surface area contributed by atoms with Gasteiger partial charge in [-0.25, -0.2) is 4.98 Å². The molecule has 6 heteroatoms. The number of hydrogen-bond donors (Lipinski definition) is 2. The SMILES string of the molecule is CN(Cc1ncc[nH]1)C(=O)C1CSCN1. The third-order valence-electron chi connectivity index (χ3n) is 2.33. The van der Waals surface area contributed by atoms with Crippen LogP contribution >= 0.6 is 11.8 Å². The molecule has 82 valence electrons. The van der Waals surface area contributed by atoms with Crippen LogP contribution in [0.25, 0.3) is 0 Å². The molecule has 2 rings (SSSR count). The zero-order valence-electron chi connectivity index (χ0n) is 8.56. The first kappa shape index (κ1) is 10.5. The van der Waals surface area contributed by atoms with Gasteiger partial charge in [0.1, 0.15) is 5.82 Å². The quantitative estimate of drug-likeness (QED) is 0.763. The van der Waals surface area contributed by atoms with Gasteiger partial charge in [0.15, 0.2) is 0 Å². The molecule has 1 aromatic rings. The van der Waals surface area contributed by atoms with Crippen molar-refractivity contribution in [3.05, 3.63) is 18.2 Å². The van der Waals surface area contributed by atoms with Gasteiger partial charge in [-0.3, -0.25) is 10.1 Å². The topological polar surface area (TPSA) is 61.0 Å². The van der Waals surface area contributed by atoms with Gasteiger partial charge in [0.05, 0.1) is 12.6 Å². The number of carbonyl (C=O) groups is 1. The average Bonchev–Trinajstić information content (AvgIpc) is 2.88. The van der Waals surface area contributed by atoms with E-state index in [4.69, 9.17) is 0 Å². The highest BCUT2D eigenvalue weighted by Crippen LogP contribution is 2.12. The highest BCUT2D eigenvalue weighted by atomic mass is 32.2. The molecule has 0 aromatic carbocycles. The number of hydrogen-bond acceptors (Lipinski definition) is 4. The summed E-state index contributed by atoms with van der Waals surface area (Å²) in [5, 5.41) is 3.16. The standard InChI is InChI=1S/C9H14N4OS/c1-13(4-8-10-2-3-11-8)9(14)7-5-15-6-12-7/h2-3,7,12H,4-6H2,1H3,(H,10,11). The molecule has 5 nitrogen and oxygen atoms in total. The summed E-state index contributed by atoms with van der Waals surface area (Å²) in [6.07, 6.45) is 3.45. The van der Waals surface area contributed by atoms with Crippen molar-refractivity contribution in [3.63, 3.8) is 0 Å². The van der Waals surface area contributed by atoms with Crippen molar-refractivity contribution < 1.29 is 4.79 Å². The van der Waals surface area contributed by atoms with Gasteiger partial charge in [0.2, 0.25) is 5.91 Å². The van der Waals surface area contributed by atoms with E-state index in [1.807, 2.05) is 0 Å². The monoisotopic (exact) mass is 226 g/mol. The van der Waals surface area contributed by atoms with Crippen LogP contribution in [0.3, 0.4) is 0 Å². The maximum Gasteiger partial charge on any atom is 0.240 e. The molecule has 2 heterocycles. The molecular formula is C9H14N4OS. The minimum absolute atomic E-state index is 0.0324. The third kappa shape index (κ3) is 2.51. The highest BCUT2D eigenvalue weighted by Gasteiger charge is 2.25. The van der Waals surface area contributed by atoms with Crippen molar-refractivity contribution in [3.8, 4) is 0 Å². The Kier molecular flexibility index (Phi) is 3.27. The van der Waals surface area contributed by atoms with Crippen LogP contribution < -0.4 is 5.32 Å². The molecule has 1 atom stereocenters. The maximum absolute atomic E-state index is 11.9. The zero-order valence-corrected chi connectivity index (χ0v) is 9.38. The average molecular weight is 226 g/mol. The molecule has 1 aliphatic heterocycles. The second-order valence-electron chi connectivity index (χ2n) is 3.50. The molecule has 2 N–H and O–H groups in total. The fraction of sp³-hybridized carbons (Fsp3) is 0.556. The van der Waals surface area contributed by atoms with Gasteiger partial charge in [-0.1, -0.05) is 0 Å². The number of thioether (sulfide) groups is 1. The number of amides is 1. The van der Waals surface area contributed by atoms with E-state index >= 15 is 0 Å². The van der Waals surface area contributed by atoms with Gasteiger partial charge in [-0.05, 0) is 0 Å². The Hall–Kier alpha value is -1.01. The van der Waals surface area contributed by atoms with Crippen LogP contribution in [0.2, 0.25) is 0 Å². The summed E-state index contributed by atoms with van der Waals surface area (Å²) in [6.45, 7) is 0.536. The lowest BCUT2D eigenvalue weighted by molar-refractivity contribution is -0.131. The van der Waals surface area contributed by atoms with Gasteiger partial charge < -0.3 is 9.88 Å². The lowest BCUT2D eigenvalue weighted by atomic mass is 10.3.